The molecule has 0 saturated carbocycles. The van der Waals surface area contributed by atoms with Gasteiger partial charge in [0.25, 0.3) is 0 Å². The Hall–Kier alpha value is -2.27. The molecule has 0 amide bonds. The topological polar surface area (TPSA) is 56.7 Å². The normalized spacial score (nSPS) is 11.0. The highest BCUT2D eigenvalue weighted by atomic mass is 32.1. The number of pyridine rings is 1. The first-order valence-corrected chi connectivity index (χ1v) is 8.09. The van der Waals surface area contributed by atoms with E-state index in [9.17, 15) is 0 Å². The molecule has 23 heavy (non-hydrogen) atoms. The molecular formula is C18H20N4S. The van der Waals surface area contributed by atoms with Crippen LogP contribution in [-0.4, -0.2) is 19.5 Å². The summed E-state index contributed by atoms with van der Waals surface area (Å²) in [5.74, 6) is 0.978. The number of rotatable bonds is 5. The minimum atomic E-state index is 0.447. The van der Waals surface area contributed by atoms with Gasteiger partial charge in [-0.05, 0) is 37.5 Å². The number of benzene rings is 1. The third kappa shape index (κ3) is 3.56. The van der Waals surface area contributed by atoms with Crippen molar-refractivity contribution in [1.29, 1.82) is 0 Å². The summed E-state index contributed by atoms with van der Waals surface area (Å²) in [6.07, 6.45) is 3.62. The molecule has 2 aromatic heterocycles. The van der Waals surface area contributed by atoms with E-state index in [0.29, 0.717) is 11.5 Å². The van der Waals surface area contributed by atoms with Crippen molar-refractivity contribution < 1.29 is 0 Å². The van der Waals surface area contributed by atoms with Crippen molar-refractivity contribution in [1.82, 2.24) is 14.5 Å². The molecule has 5 heteroatoms. The number of nitrogens with zero attached hydrogens (tertiary/aromatic N) is 3. The molecule has 2 heterocycles. The first kappa shape index (κ1) is 15.6. The Bertz CT molecular complexity index is 849. The lowest BCUT2D eigenvalue weighted by Crippen LogP contribution is -2.19. The molecule has 3 aromatic rings. The number of aromatic nitrogens is 3. The fourth-order valence-corrected chi connectivity index (χ4v) is 2.81. The van der Waals surface area contributed by atoms with Crippen LogP contribution in [0.25, 0.3) is 11.2 Å². The number of imidazole rings is 1. The van der Waals surface area contributed by atoms with Crippen LogP contribution in [0.2, 0.25) is 0 Å². The first-order chi connectivity index (χ1) is 11.0. The van der Waals surface area contributed by atoms with E-state index in [2.05, 4.69) is 36.2 Å². The van der Waals surface area contributed by atoms with Crippen LogP contribution >= 0.6 is 12.2 Å². The van der Waals surface area contributed by atoms with E-state index >= 15 is 0 Å². The minimum Gasteiger partial charge on any atom is -0.392 e. The molecule has 0 fully saturated rings. The van der Waals surface area contributed by atoms with Crippen LogP contribution in [0.3, 0.4) is 0 Å². The Labute approximate surface area is 141 Å². The molecular weight excluding hydrogens is 304 g/mol. The van der Waals surface area contributed by atoms with E-state index in [1.807, 2.05) is 23.8 Å². The van der Waals surface area contributed by atoms with Gasteiger partial charge in [0.2, 0.25) is 0 Å². The summed E-state index contributed by atoms with van der Waals surface area (Å²) in [6, 6.07) is 10.7. The molecule has 0 spiro atoms. The molecule has 0 atom stereocenters. The van der Waals surface area contributed by atoms with Gasteiger partial charge in [-0.15, -0.1) is 0 Å². The highest BCUT2D eigenvalue weighted by molar-refractivity contribution is 7.80. The van der Waals surface area contributed by atoms with Crippen LogP contribution in [0.4, 0.5) is 0 Å². The molecule has 0 aliphatic rings. The quantitative estimate of drug-likeness (QED) is 0.733. The van der Waals surface area contributed by atoms with Crippen molar-refractivity contribution in [3.05, 3.63) is 59.0 Å². The van der Waals surface area contributed by atoms with Gasteiger partial charge in [0.1, 0.15) is 11.3 Å². The molecule has 0 bridgehead atoms. The third-order valence-electron chi connectivity index (χ3n) is 3.87. The number of hydrogen-bond acceptors (Lipinski definition) is 3. The number of fused-ring (bicyclic) bond motifs is 1. The van der Waals surface area contributed by atoms with Gasteiger partial charge in [0, 0.05) is 12.6 Å². The SMILES string of the molecule is Cc1ccc(CCc2nc3cc(C)cnc3n2CC(N)=S)cc1. The standard InChI is InChI=1S/C18H20N4S/c1-12-3-5-14(6-4-12)7-8-17-21-15-9-13(2)10-20-18(15)22(17)11-16(19)23/h3-6,9-10H,7-8,11H2,1-2H3,(H2,19,23). The molecule has 1 aromatic carbocycles. The van der Waals surface area contributed by atoms with E-state index in [0.717, 1.165) is 35.4 Å². The fourth-order valence-electron chi connectivity index (χ4n) is 2.68. The second-order valence-corrected chi connectivity index (χ2v) is 6.45. The molecule has 0 aliphatic carbocycles. The summed E-state index contributed by atoms with van der Waals surface area (Å²) in [5.41, 5.74) is 11.2. The molecule has 0 radical (unpaired) electrons. The van der Waals surface area contributed by atoms with Crippen molar-refractivity contribution in [3.63, 3.8) is 0 Å². The zero-order valence-corrected chi connectivity index (χ0v) is 14.2. The maximum atomic E-state index is 5.75. The maximum absolute atomic E-state index is 5.75. The summed E-state index contributed by atoms with van der Waals surface area (Å²) in [6.45, 7) is 4.59. The number of aryl methyl sites for hydroxylation is 4. The van der Waals surface area contributed by atoms with Gasteiger partial charge in [-0.3, -0.25) is 0 Å². The monoisotopic (exact) mass is 324 g/mol. The summed E-state index contributed by atoms with van der Waals surface area (Å²) in [5, 5.41) is 0. The Balaban J connectivity index is 1.91. The molecule has 3 rings (SSSR count). The van der Waals surface area contributed by atoms with Gasteiger partial charge in [-0.25, -0.2) is 9.97 Å². The molecule has 118 valence electrons. The summed E-state index contributed by atoms with van der Waals surface area (Å²) < 4.78 is 2.03. The second-order valence-electron chi connectivity index (χ2n) is 5.92. The predicted octanol–water partition coefficient (Wildman–Crippen LogP) is 3.12. The van der Waals surface area contributed by atoms with E-state index in [-0.39, 0.29) is 0 Å². The largest absolute Gasteiger partial charge is 0.392 e. The second kappa shape index (κ2) is 6.46. The molecule has 0 aliphatic heterocycles. The van der Waals surface area contributed by atoms with Crippen LogP contribution in [0, 0.1) is 13.8 Å². The average molecular weight is 324 g/mol. The summed E-state index contributed by atoms with van der Waals surface area (Å²) in [7, 11) is 0. The zero-order valence-electron chi connectivity index (χ0n) is 13.4. The predicted molar refractivity (Wildman–Crippen MR) is 97.6 cm³/mol. The van der Waals surface area contributed by atoms with Gasteiger partial charge in [-0.2, -0.15) is 0 Å². The van der Waals surface area contributed by atoms with Gasteiger partial charge < -0.3 is 10.3 Å². The Morgan fingerprint density at radius 1 is 1.13 bits per heavy atom. The van der Waals surface area contributed by atoms with Crippen LogP contribution < -0.4 is 5.73 Å². The van der Waals surface area contributed by atoms with Crippen molar-refractivity contribution in [3.8, 4) is 0 Å². The van der Waals surface area contributed by atoms with Crippen molar-refractivity contribution >= 4 is 28.4 Å². The summed E-state index contributed by atoms with van der Waals surface area (Å²) in [4.78, 5) is 9.70. The lowest BCUT2D eigenvalue weighted by molar-refractivity contribution is 0.754. The van der Waals surface area contributed by atoms with Crippen LogP contribution in [0.15, 0.2) is 36.5 Å². The van der Waals surface area contributed by atoms with Crippen molar-refractivity contribution in [2.24, 2.45) is 5.73 Å². The number of hydrogen-bond donors (Lipinski definition) is 1. The van der Waals surface area contributed by atoms with Crippen LogP contribution in [0.5, 0.6) is 0 Å². The van der Waals surface area contributed by atoms with Crippen LogP contribution in [0.1, 0.15) is 22.5 Å². The highest BCUT2D eigenvalue weighted by Gasteiger charge is 2.13. The molecule has 2 N–H and O–H groups in total. The maximum Gasteiger partial charge on any atom is 0.160 e. The molecule has 4 nitrogen and oxygen atoms in total. The number of nitrogens with two attached hydrogens (primary N) is 1. The zero-order chi connectivity index (χ0) is 16.4. The molecule has 0 saturated heterocycles. The Morgan fingerprint density at radius 2 is 1.87 bits per heavy atom. The number of thiocarbonyl (C=S) groups is 1. The van der Waals surface area contributed by atoms with Gasteiger partial charge in [0.05, 0.1) is 11.5 Å². The van der Waals surface area contributed by atoms with Gasteiger partial charge >= 0.3 is 0 Å². The minimum absolute atomic E-state index is 0.447. The van der Waals surface area contributed by atoms with Crippen LogP contribution in [-0.2, 0) is 19.4 Å². The lowest BCUT2D eigenvalue weighted by Gasteiger charge is -2.08. The summed E-state index contributed by atoms with van der Waals surface area (Å²) >= 11 is 5.09. The van der Waals surface area contributed by atoms with Gasteiger partial charge in [-0.1, -0.05) is 42.0 Å². The Morgan fingerprint density at radius 3 is 2.57 bits per heavy atom. The smallest absolute Gasteiger partial charge is 0.160 e. The Kier molecular flexibility index (Phi) is 4.39. The van der Waals surface area contributed by atoms with E-state index < -0.39 is 0 Å². The fraction of sp³-hybridized carbons (Fsp3) is 0.278. The van der Waals surface area contributed by atoms with Crippen molar-refractivity contribution in [2.75, 3.05) is 0 Å². The van der Waals surface area contributed by atoms with E-state index in [4.69, 9.17) is 22.9 Å². The third-order valence-corrected chi connectivity index (χ3v) is 4.00. The first-order valence-electron chi connectivity index (χ1n) is 7.68. The molecule has 0 unspecified atom stereocenters. The lowest BCUT2D eigenvalue weighted by atomic mass is 10.1. The van der Waals surface area contributed by atoms with E-state index in [1.165, 1.54) is 11.1 Å². The van der Waals surface area contributed by atoms with E-state index in [1.54, 1.807) is 0 Å². The average Bonchev–Trinajstić information content (AvgIpc) is 2.83. The van der Waals surface area contributed by atoms with Crippen molar-refractivity contribution in [2.45, 2.75) is 33.2 Å². The highest BCUT2D eigenvalue weighted by Crippen LogP contribution is 2.17. The van der Waals surface area contributed by atoms with Gasteiger partial charge in [0.15, 0.2) is 5.65 Å².